The Kier molecular flexibility index (Phi) is 6.68. The van der Waals surface area contributed by atoms with Crippen LogP contribution in [0.25, 0.3) is 5.57 Å². The molecule has 34 heavy (non-hydrogen) atoms. The summed E-state index contributed by atoms with van der Waals surface area (Å²) < 4.78 is 5.50. The Morgan fingerprint density at radius 3 is 2.18 bits per heavy atom. The lowest BCUT2D eigenvalue weighted by molar-refractivity contribution is -0.137. The molecule has 2 N–H and O–H groups in total. The number of hydrogen-bond donors (Lipinski definition) is 2. The normalized spacial score (nSPS) is 13.3. The molecule has 0 fully saturated rings. The molecule has 3 amide bonds. The predicted molar refractivity (Wildman–Crippen MR) is 129 cm³/mol. The van der Waals surface area contributed by atoms with Gasteiger partial charge < -0.3 is 15.4 Å². The van der Waals surface area contributed by atoms with Gasteiger partial charge in [-0.15, -0.1) is 0 Å². The second-order valence-corrected chi connectivity index (χ2v) is 7.64. The van der Waals surface area contributed by atoms with Gasteiger partial charge in [0.2, 0.25) is 5.91 Å². The number of anilines is 2. The Bertz CT molecular complexity index is 1240. The fourth-order valence-corrected chi connectivity index (χ4v) is 3.64. The number of benzene rings is 2. The number of aromatic nitrogens is 1. The van der Waals surface area contributed by atoms with Gasteiger partial charge in [-0.1, -0.05) is 12.1 Å². The minimum absolute atomic E-state index is 0.132. The van der Waals surface area contributed by atoms with Crippen molar-refractivity contribution in [2.24, 2.45) is 0 Å². The van der Waals surface area contributed by atoms with Crippen molar-refractivity contribution in [2.75, 3.05) is 17.2 Å². The third kappa shape index (κ3) is 4.96. The van der Waals surface area contributed by atoms with Crippen LogP contribution in [0.4, 0.5) is 11.4 Å². The van der Waals surface area contributed by atoms with Crippen LogP contribution in [-0.4, -0.2) is 34.2 Å². The van der Waals surface area contributed by atoms with E-state index in [2.05, 4.69) is 15.6 Å². The van der Waals surface area contributed by atoms with Crippen molar-refractivity contribution in [3.63, 3.8) is 0 Å². The van der Waals surface area contributed by atoms with Crippen molar-refractivity contribution in [1.29, 1.82) is 0 Å². The zero-order valence-corrected chi connectivity index (χ0v) is 18.9. The molecule has 1 aromatic heterocycles. The molecule has 4 rings (SSSR count). The first-order valence-electron chi connectivity index (χ1n) is 10.8. The molecule has 0 spiro atoms. The van der Waals surface area contributed by atoms with Crippen molar-refractivity contribution in [2.45, 2.75) is 20.4 Å². The van der Waals surface area contributed by atoms with Gasteiger partial charge in [-0.05, 0) is 66.6 Å². The van der Waals surface area contributed by atoms with E-state index in [0.29, 0.717) is 29.3 Å². The molecule has 3 aromatic rings. The van der Waals surface area contributed by atoms with Crippen LogP contribution in [0.15, 0.2) is 78.8 Å². The van der Waals surface area contributed by atoms with Gasteiger partial charge in [-0.25, -0.2) is 0 Å². The van der Waals surface area contributed by atoms with Gasteiger partial charge in [0.1, 0.15) is 11.4 Å². The minimum atomic E-state index is -0.420. The summed E-state index contributed by atoms with van der Waals surface area (Å²) in [6.07, 6.45) is 3.24. The van der Waals surface area contributed by atoms with Crippen molar-refractivity contribution in [3.05, 3.63) is 89.9 Å². The van der Waals surface area contributed by atoms with Gasteiger partial charge in [0, 0.05) is 30.7 Å². The van der Waals surface area contributed by atoms with Gasteiger partial charge in [0.05, 0.1) is 18.7 Å². The van der Waals surface area contributed by atoms with Crippen LogP contribution >= 0.6 is 0 Å². The van der Waals surface area contributed by atoms with Crippen molar-refractivity contribution < 1.29 is 19.1 Å². The zero-order chi connectivity index (χ0) is 24.1. The Hall–Kier alpha value is -4.46. The predicted octanol–water partition coefficient (Wildman–Crippen LogP) is 3.83. The Labute approximate surface area is 197 Å². The SMILES string of the molecule is CCOc1ccc(C2=C(Nc3ccc(NC(C)=O)cc3)C(=O)N(Cc3ccncc3)C2=O)cc1. The summed E-state index contributed by atoms with van der Waals surface area (Å²) in [5.74, 6) is -0.301. The van der Waals surface area contributed by atoms with Crippen molar-refractivity contribution in [3.8, 4) is 5.75 Å². The van der Waals surface area contributed by atoms with E-state index < -0.39 is 5.91 Å². The van der Waals surface area contributed by atoms with E-state index >= 15 is 0 Å². The summed E-state index contributed by atoms with van der Waals surface area (Å²) >= 11 is 0. The van der Waals surface area contributed by atoms with E-state index in [1.807, 2.05) is 6.92 Å². The molecule has 172 valence electrons. The number of amides is 3. The molecule has 0 bridgehead atoms. The molecule has 1 aliphatic rings. The van der Waals surface area contributed by atoms with E-state index in [-0.39, 0.29) is 29.6 Å². The van der Waals surface area contributed by atoms with Crippen LogP contribution in [0.2, 0.25) is 0 Å². The maximum absolute atomic E-state index is 13.4. The molecule has 8 heteroatoms. The molecule has 1 aliphatic heterocycles. The first-order valence-corrected chi connectivity index (χ1v) is 10.8. The average Bonchev–Trinajstić information content (AvgIpc) is 3.06. The van der Waals surface area contributed by atoms with Gasteiger partial charge in [0.15, 0.2) is 0 Å². The Morgan fingerprint density at radius 2 is 1.56 bits per heavy atom. The molecule has 2 heterocycles. The second-order valence-electron chi connectivity index (χ2n) is 7.64. The van der Waals surface area contributed by atoms with Crippen LogP contribution < -0.4 is 15.4 Å². The number of pyridine rings is 1. The zero-order valence-electron chi connectivity index (χ0n) is 18.9. The topological polar surface area (TPSA) is 101 Å². The average molecular weight is 457 g/mol. The summed E-state index contributed by atoms with van der Waals surface area (Å²) in [6.45, 7) is 3.99. The molecule has 2 aromatic carbocycles. The van der Waals surface area contributed by atoms with Gasteiger partial charge >= 0.3 is 0 Å². The van der Waals surface area contributed by atoms with Crippen molar-refractivity contribution in [1.82, 2.24) is 9.88 Å². The molecule has 0 atom stereocenters. The molecule has 0 saturated heterocycles. The molecule has 0 unspecified atom stereocenters. The first-order chi connectivity index (χ1) is 16.5. The first kappa shape index (κ1) is 22.7. The molecular formula is C26H24N4O4. The number of hydrogen-bond acceptors (Lipinski definition) is 6. The second kappa shape index (κ2) is 9.99. The van der Waals surface area contributed by atoms with E-state index in [0.717, 1.165) is 5.56 Å². The molecular weight excluding hydrogens is 432 g/mol. The monoisotopic (exact) mass is 456 g/mol. The van der Waals surface area contributed by atoms with E-state index in [4.69, 9.17) is 4.74 Å². The number of nitrogens with one attached hydrogen (secondary N) is 2. The third-order valence-corrected chi connectivity index (χ3v) is 5.19. The summed E-state index contributed by atoms with van der Waals surface area (Å²) in [5.41, 5.74) is 3.12. The smallest absolute Gasteiger partial charge is 0.278 e. The number of ether oxygens (including phenoxy) is 1. The lowest BCUT2D eigenvalue weighted by Gasteiger charge is -2.15. The largest absolute Gasteiger partial charge is 0.494 e. The number of carbonyl (C=O) groups is 3. The highest BCUT2D eigenvalue weighted by Gasteiger charge is 2.39. The number of rotatable bonds is 8. The summed E-state index contributed by atoms with van der Waals surface area (Å²) in [7, 11) is 0. The van der Waals surface area contributed by atoms with Crippen molar-refractivity contribution >= 4 is 34.7 Å². The lowest BCUT2D eigenvalue weighted by Crippen LogP contribution is -2.32. The molecule has 8 nitrogen and oxygen atoms in total. The van der Waals surface area contributed by atoms with Crippen LogP contribution in [0.5, 0.6) is 5.75 Å². The van der Waals surface area contributed by atoms with Crippen LogP contribution in [0, 0.1) is 0 Å². The Morgan fingerprint density at radius 1 is 0.912 bits per heavy atom. The quantitative estimate of drug-likeness (QED) is 0.500. The maximum Gasteiger partial charge on any atom is 0.278 e. The standard InChI is InChI=1S/C26H24N4O4/c1-3-34-22-10-4-19(5-11-22)23-24(29-21-8-6-20(7-9-21)28-17(2)31)26(33)30(25(23)32)16-18-12-14-27-15-13-18/h4-15,29H,3,16H2,1-2H3,(H,28,31). The Balaban J connectivity index is 1.68. The highest BCUT2D eigenvalue weighted by atomic mass is 16.5. The number of nitrogens with zero attached hydrogens (tertiary/aromatic N) is 2. The van der Waals surface area contributed by atoms with Crippen LogP contribution in [-0.2, 0) is 20.9 Å². The summed E-state index contributed by atoms with van der Waals surface area (Å²) in [5, 5.41) is 5.82. The number of carbonyl (C=O) groups excluding carboxylic acids is 3. The molecule has 0 radical (unpaired) electrons. The highest BCUT2D eigenvalue weighted by molar-refractivity contribution is 6.36. The minimum Gasteiger partial charge on any atom is -0.494 e. The third-order valence-electron chi connectivity index (χ3n) is 5.19. The van der Waals surface area contributed by atoms with E-state index in [1.54, 1.807) is 73.1 Å². The molecule has 0 saturated carbocycles. The van der Waals surface area contributed by atoms with Gasteiger partial charge in [0.25, 0.3) is 11.8 Å². The summed E-state index contributed by atoms with van der Waals surface area (Å²) in [4.78, 5) is 43.3. The van der Waals surface area contributed by atoms with Crippen LogP contribution in [0.1, 0.15) is 25.0 Å². The highest BCUT2D eigenvalue weighted by Crippen LogP contribution is 2.32. The number of imide groups is 1. The molecule has 0 aliphatic carbocycles. The van der Waals surface area contributed by atoms with Gasteiger partial charge in [-0.2, -0.15) is 0 Å². The fourth-order valence-electron chi connectivity index (χ4n) is 3.64. The fraction of sp³-hybridized carbons (Fsp3) is 0.154. The van der Waals surface area contributed by atoms with Crippen LogP contribution in [0.3, 0.4) is 0 Å². The van der Waals surface area contributed by atoms with Gasteiger partial charge in [-0.3, -0.25) is 24.3 Å². The van der Waals surface area contributed by atoms with E-state index in [1.165, 1.54) is 11.8 Å². The summed E-state index contributed by atoms with van der Waals surface area (Å²) in [6, 6.07) is 17.5. The van der Waals surface area contributed by atoms with E-state index in [9.17, 15) is 14.4 Å². The maximum atomic E-state index is 13.4. The lowest BCUT2D eigenvalue weighted by atomic mass is 10.0.